The number of carbonyl (C=O) groups excluding carboxylic acids is 2. The molecule has 0 radical (unpaired) electrons. The summed E-state index contributed by atoms with van der Waals surface area (Å²) in [7, 11) is 0. The first-order chi connectivity index (χ1) is 14.3. The van der Waals surface area contributed by atoms with E-state index in [-0.39, 0.29) is 6.61 Å². The van der Waals surface area contributed by atoms with E-state index < -0.39 is 17.7 Å². The van der Waals surface area contributed by atoms with Crippen LogP contribution in [0.3, 0.4) is 0 Å². The van der Waals surface area contributed by atoms with Gasteiger partial charge in [0.2, 0.25) is 5.88 Å². The van der Waals surface area contributed by atoms with Gasteiger partial charge in [-0.2, -0.15) is 5.10 Å². The van der Waals surface area contributed by atoms with Crippen molar-refractivity contribution in [1.82, 2.24) is 20.1 Å². The van der Waals surface area contributed by atoms with Gasteiger partial charge in [0.1, 0.15) is 12.2 Å². The minimum Gasteiger partial charge on any atom is -0.475 e. The third kappa shape index (κ3) is 8.08. The predicted molar refractivity (Wildman–Crippen MR) is 108 cm³/mol. The lowest BCUT2D eigenvalue weighted by Crippen LogP contribution is -2.34. The van der Waals surface area contributed by atoms with Crippen molar-refractivity contribution in [3.05, 3.63) is 36.3 Å². The van der Waals surface area contributed by atoms with Crippen LogP contribution in [0.2, 0.25) is 0 Å². The number of hydrogen-bond acceptors (Lipinski definition) is 8. The summed E-state index contributed by atoms with van der Waals surface area (Å²) >= 11 is 0. The van der Waals surface area contributed by atoms with Crippen LogP contribution in [0.25, 0.3) is 5.69 Å². The highest BCUT2D eigenvalue weighted by atomic mass is 16.6. The number of ether oxygens (including phenoxy) is 4. The van der Waals surface area contributed by atoms with Gasteiger partial charge in [0.25, 0.3) is 0 Å². The van der Waals surface area contributed by atoms with E-state index in [1.807, 2.05) is 0 Å². The van der Waals surface area contributed by atoms with Crippen LogP contribution in [0.15, 0.2) is 30.7 Å². The van der Waals surface area contributed by atoms with E-state index in [1.165, 1.54) is 6.20 Å². The number of nitrogens with one attached hydrogen (secondary N) is 1. The smallest absolute Gasteiger partial charge is 0.407 e. The van der Waals surface area contributed by atoms with Crippen LogP contribution < -0.4 is 10.1 Å². The van der Waals surface area contributed by atoms with Crippen molar-refractivity contribution < 1.29 is 28.5 Å². The first kappa shape index (κ1) is 23.1. The summed E-state index contributed by atoms with van der Waals surface area (Å²) in [5, 5.41) is 6.77. The summed E-state index contributed by atoms with van der Waals surface area (Å²) in [4.78, 5) is 27.4. The van der Waals surface area contributed by atoms with E-state index in [9.17, 15) is 9.59 Å². The topological polar surface area (TPSA) is 114 Å². The van der Waals surface area contributed by atoms with Crippen LogP contribution in [0.1, 0.15) is 38.1 Å². The number of carbonyl (C=O) groups is 2. The van der Waals surface area contributed by atoms with Crippen LogP contribution in [-0.4, -0.2) is 65.4 Å². The Hall–Kier alpha value is -3.14. The minimum atomic E-state index is -0.531. The molecule has 10 heteroatoms. The van der Waals surface area contributed by atoms with Crippen molar-refractivity contribution in [2.45, 2.75) is 33.3 Å². The van der Waals surface area contributed by atoms with Gasteiger partial charge in [-0.25, -0.2) is 19.3 Å². The van der Waals surface area contributed by atoms with E-state index in [4.69, 9.17) is 18.9 Å². The molecule has 2 rings (SSSR count). The average molecular weight is 420 g/mol. The van der Waals surface area contributed by atoms with Gasteiger partial charge in [-0.1, -0.05) is 0 Å². The molecule has 0 spiro atoms. The standard InChI is InChI=1S/C20H28N4O6/c1-5-28-18(25)15-13-23-24(14-15)16-6-7-21-17(12-16)29-11-10-27-9-8-22-19(26)30-20(2,3)4/h6-7,12-14H,5,8-11H2,1-4H3,(H,22,26). The third-order valence-electron chi connectivity index (χ3n) is 3.47. The van der Waals surface area contributed by atoms with Gasteiger partial charge in [-0.05, 0) is 33.8 Å². The van der Waals surface area contributed by atoms with Crippen molar-refractivity contribution in [2.24, 2.45) is 0 Å². The molecule has 0 saturated carbocycles. The Labute approximate surface area is 175 Å². The number of pyridine rings is 1. The second kappa shape index (κ2) is 11.1. The number of esters is 1. The maximum atomic E-state index is 11.7. The fourth-order valence-electron chi connectivity index (χ4n) is 2.25. The van der Waals surface area contributed by atoms with Crippen molar-refractivity contribution in [1.29, 1.82) is 0 Å². The van der Waals surface area contributed by atoms with Crippen molar-refractivity contribution in [3.63, 3.8) is 0 Å². The molecule has 0 aliphatic heterocycles. The van der Waals surface area contributed by atoms with Crippen molar-refractivity contribution >= 4 is 12.1 Å². The van der Waals surface area contributed by atoms with Crippen LogP contribution in [0, 0.1) is 0 Å². The molecule has 0 fully saturated rings. The number of nitrogens with zero attached hydrogens (tertiary/aromatic N) is 3. The molecule has 0 aromatic carbocycles. The van der Waals surface area contributed by atoms with E-state index in [2.05, 4.69) is 15.4 Å². The number of rotatable bonds is 10. The van der Waals surface area contributed by atoms with E-state index in [0.717, 1.165) is 0 Å². The Morgan fingerprint density at radius 2 is 2.00 bits per heavy atom. The number of hydrogen-bond donors (Lipinski definition) is 1. The zero-order chi connectivity index (χ0) is 22.0. The molecule has 2 aromatic rings. The molecule has 0 bridgehead atoms. The normalized spacial score (nSPS) is 11.1. The third-order valence-corrected chi connectivity index (χ3v) is 3.47. The molecule has 0 atom stereocenters. The molecule has 2 aromatic heterocycles. The SMILES string of the molecule is CCOC(=O)c1cnn(-c2ccnc(OCCOCCNC(=O)OC(C)(C)C)c2)c1. The van der Waals surface area contributed by atoms with Crippen molar-refractivity contribution in [3.8, 4) is 11.6 Å². The van der Waals surface area contributed by atoms with Crippen molar-refractivity contribution in [2.75, 3.05) is 33.0 Å². The maximum Gasteiger partial charge on any atom is 0.407 e. The summed E-state index contributed by atoms with van der Waals surface area (Å²) in [6.07, 6.45) is 4.13. The molecular formula is C20H28N4O6. The van der Waals surface area contributed by atoms with Gasteiger partial charge in [0.05, 0.1) is 37.3 Å². The summed E-state index contributed by atoms with van der Waals surface area (Å²) < 4.78 is 22.6. The average Bonchev–Trinajstić information content (AvgIpc) is 3.17. The van der Waals surface area contributed by atoms with Gasteiger partial charge >= 0.3 is 12.1 Å². The second-order valence-corrected chi connectivity index (χ2v) is 7.14. The lowest BCUT2D eigenvalue weighted by Gasteiger charge is -2.19. The van der Waals surface area contributed by atoms with E-state index in [1.54, 1.807) is 56.9 Å². The lowest BCUT2D eigenvalue weighted by atomic mass is 10.2. The molecule has 1 amide bonds. The largest absolute Gasteiger partial charge is 0.475 e. The number of alkyl carbamates (subject to hydrolysis) is 1. The Kier molecular flexibility index (Phi) is 8.60. The first-order valence-corrected chi connectivity index (χ1v) is 9.64. The molecule has 0 aliphatic carbocycles. The number of aromatic nitrogens is 3. The second-order valence-electron chi connectivity index (χ2n) is 7.14. The van der Waals surface area contributed by atoms with Crippen LogP contribution in [0.5, 0.6) is 5.88 Å². The lowest BCUT2D eigenvalue weighted by molar-refractivity contribution is 0.0486. The van der Waals surface area contributed by atoms with E-state index >= 15 is 0 Å². The van der Waals surface area contributed by atoms with Crippen LogP contribution >= 0.6 is 0 Å². The molecule has 0 saturated heterocycles. The summed E-state index contributed by atoms with van der Waals surface area (Å²) in [6, 6.07) is 3.44. The maximum absolute atomic E-state index is 11.7. The van der Waals surface area contributed by atoms with Gasteiger partial charge in [0, 0.05) is 25.0 Å². The van der Waals surface area contributed by atoms with E-state index in [0.29, 0.717) is 43.5 Å². The minimum absolute atomic E-state index is 0.288. The van der Waals surface area contributed by atoms with Crippen LogP contribution in [-0.2, 0) is 14.2 Å². The predicted octanol–water partition coefficient (Wildman–Crippen LogP) is 2.36. The Morgan fingerprint density at radius 3 is 2.73 bits per heavy atom. The highest BCUT2D eigenvalue weighted by Gasteiger charge is 2.15. The molecule has 0 unspecified atom stereocenters. The van der Waals surface area contributed by atoms with Crippen LogP contribution in [0.4, 0.5) is 4.79 Å². The molecule has 30 heavy (non-hydrogen) atoms. The summed E-state index contributed by atoms with van der Waals surface area (Å²) in [5.41, 5.74) is 0.527. The Bertz CT molecular complexity index is 831. The first-order valence-electron chi connectivity index (χ1n) is 9.64. The number of amides is 1. The summed E-state index contributed by atoms with van der Waals surface area (Å²) in [6.45, 7) is 8.74. The van der Waals surface area contributed by atoms with Gasteiger partial charge in [-0.15, -0.1) is 0 Å². The zero-order valence-electron chi connectivity index (χ0n) is 17.7. The zero-order valence-corrected chi connectivity index (χ0v) is 17.7. The molecule has 164 valence electrons. The monoisotopic (exact) mass is 420 g/mol. The van der Waals surface area contributed by atoms with Gasteiger partial charge in [-0.3, -0.25) is 0 Å². The summed E-state index contributed by atoms with van der Waals surface area (Å²) in [5.74, 6) is -0.0243. The Morgan fingerprint density at radius 1 is 1.20 bits per heavy atom. The highest BCUT2D eigenvalue weighted by Crippen LogP contribution is 2.14. The molecule has 0 aliphatic rings. The fraction of sp³-hybridized carbons (Fsp3) is 0.500. The van der Waals surface area contributed by atoms with Gasteiger partial charge in [0.15, 0.2) is 0 Å². The molecule has 10 nitrogen and oxygen atoms in total. The highest BCUT2D eigenvalue weighted by molar-refractivity contribution is 5.88. The quantitative estimate of drug-likeness (QED) is 0.460. The molecule has 1 N–H and O–H groups in total. The fourth-order valence-corrected chi connectivity index (χ4v) is 2.25. The van der Waals surface area contributed by atoms with Gasteiger partial charge < -0.3 is 24.3 Å². The Balaban J connectivity index is 1.71. The molecule has 2 heterocycles. The molecular weight excluding hydrogens is 392 g/mol.